The van der Waals surface area contributed by atoms with Crippen LogP contribution in [0.4, 0.5) is 0 Å². The van der Waals surface area contributed by atoms with Gasteiger partial charge in [-0.3, -0.25) is 4.79 Å². The highest BCUT2D eigenvalue weighted by Gasteiger charge is 2.34. The first-order valence-corrected chi connectivity index (χ1v) is 11.3. The molecule has 1 unspecified atom stereocenters. The first-order valence-electron chi connectivity index (χ1n) is 7.83. The molecule has 1 amide bonds. The van der Waals surface area contributed by atoms with Crippen molar-refractivity contribution in [2.45, 2.75) is 19.0 Å². The van der Waals surface area contributed by atoms with Crippen molar-refractivity contribution < 1.29 is 17.9 Å². The summed E-state index contributed by atoms with van der Waals surface area (Å²) in [4.78, 5) is 15.4. The summed E-state index contributed by atoms with van der Waals surface area (Å²) in [5.74, 6) is 0.576. The van der Waals surface area contributed by atoms with Gasteiger partial charge in [0.25, 0.3) is 5.91 Å². The van der Waals surface area contributed by atoms with Gasteiger partial charge in [0.05, 0.1) is 18.1 Å². The largest absolute Gasteiger partial charge is 0.484 e. The normalized spacial score (nSPS) is 18.8. The predicted molar refractivity (Wildman–Crippen MR) is 102 cm³/mol. The zero-order chi connectivity index (χ0) is 17.9. The van der Waals surface area contributed by atoms with E-state index in [9.17, 15) is 13.2 Å². The molecule has 0 aliphatic carbocycles. The summed E-state index contributed by atoms with van der Waals surface area (Å²) in [6.45, 7) is 0.309. The molecule has 0 spiro atoms. The lowest BCUT2D eigenvalue weighted by Gasteiger charge is -2.27. The second kappa shape index (κ2) is 7.88. The summed E-state index contributed by atoms with van der Waals surface area (Å²) in [6, 6.07) is 10.8. The van der Waals surface area contributed by atoms with Crippen LogP contribution in [0.3, 0.4) is 0 Å². The second-order valence-electron chi connectivity index (χ2n) is 5.90. The van der Waals surface area contributed by atoms with Crippen molar-refractivity contribution in [3.8, 4) is 5.75 Å². The molecule has 0 bridgehead atoms. The number of ether oxygens (including phenoxy) is 1. The number of rotatable bonds is 6. The molecule has 0 saturated carbocycles. The van der Waals surface area contributed by atoms with Gasteiger partial charge in [-0.15, -0.1) is 11.3 Å². The number of hydrogen-bond donors (Lipinski definition) is 0. The number of hydrogen-bond acceptors (Lipinski definition) is 5. The summed E-state index contributed by atoms with van der Waals surface area (Å²) in [5, 5.41) is 1.95. The Hall–Kier alpha value is -1.38. The van der Waals surface area contributed by atoms with Crippen molar-refractivity contribution >= 4 is 43.0 Å². The Balaban J connectivity index is 1.69. The standard InChI is InChI=1S/C17H18BrNO4S2/c18-13-3-5-15(6-4-13)23-11-17(20)19(10-16-2-1-8-24-16)14-7-9-25(21,22)12-14/h1-6,8,14H,7,9-12H2. The number of thiophene rings is 1. The van der Waals surface area contributed by atoms with Crippen LogP contribution in [0, 0.1) is 0 Å². The highest BCUT2D eigenvalue weighted by atomic mass is 79.9. The fraction of sp³-hybridized carbons (Fsp3) is 0.353. The van der Waals surface area contributed by atoms with Gasteiger partial charge in [-0.25, -0.2) is 8.42 Å². The molecule has 1 atom stereocenters. The quantitative estimate of drug-likeness (QED) is 0.687. The van der Waals surface area contributed by atoms with Crippen LogP contribution in [0.1, 0.15) is 11.3 Å². The van der Waals surface area contributed by atoms with E-state index in [-0.39, 0.29) is 30.1 Å². The number of carbonyl (C=O) groups is 1. The summed E-state index contributed by atoms with van der Waals surface area (Å²) in [5.41, 5.74) is 0. The fourth-order valence-corrected chi connectivity index (χ4v) is 5.47. The van der Waals surface area contributed by atoms with Crippen molar-refractivity contribution in [3.05, 3.63) is 51.1 Å². The maximum atomic E-state index is 12.7. The van der Waals surface area contributed by atoms with Crippen molar-refractivity contribution in [1.82, 2.24) is 4.90 Å². The van der Waals surface area contributed by atoms with Gasteiger partial charge in [-0.1, -0.05) is 22.0 Å². The molecule has 0 radical (unpaired) electrons. The number of nitrogens with zero attached hydrogens (tertiary/aromatic N) is 1. The summed E-state index contributed by atoms with van der Waals surface area (Å²) < 4.78 is 30.1. The SMILES string of the molecule is O=C(COc1ccc(Br)cc1)N(Cc1cccs1)C1CCS(=O)(=O)C1. The minimum absolute atomic E-state index is 0.0302. The van der Waals surface area contributed by atoms with Crippen molar-refractivity contribution in [3.63, 3.8) is 0 Å². The van der Waals surface area contributed by atoms with Crippen molar-refractivity contribution in [2.75, 3.05) is 18.1 Å². The van der Waals surface area contributed by atoms with Crippen LogP contribution in [-0.2, 0) is 21.2 Å². The summed E-state index contributed by atoms with van der Waals surface area (Å²) >= 11 is 4.90. The number of carbonyl (C=O) groups excluding carboxylic acids is 1. The fourth-order valence-electron chi connectivity index (χ4n) is 2.77. The van der Waals surface area contributed by atoms with E-state index >= 15 is 0 Å². The molecule has 0 N–H and O–H groups in total. The van der Waals surface area contributed by atoms with Crippen molar-refractivity contribution in [1.29, 1.82) is 0 Å². The molecule has 3 rings (SSSR count). The maximum absolute atomic E-state index is 12.7. The zero-order valence-electron chi connectivity index (χ0n) is 13.4. The highest BCUT2D eigenvalue weighted by Crippen LogP contribution is 2.22. The minimum Gasteiger partial charge on any atom is -0.484 e. The van der Waals surface area contributed by atoms with Crippen LogP contribution in [0.15, 0.2) is 46.3 Å². The molecule has 1 fully saturated rings. The number of amides is 1. The topological polar surface area (TPSA) is 63.7 Å². The molecular formula is C17H18BrNO4S2. The lowest BCUT2D eigenvalue weighted by atomic mass is 10.2. The van der Waals surface area contributed by atoms with Crippen molar-refractivity contribution in [2.24, 2.45) is 0 Å². The summed E-state index contributed by atoms with van der Waals surface area (Å²) in [7, 11) is -3.06. The molecule has 1 aromatic carbocycles. The maximum Gasteiger partial charge on any atom is 0.261 e. The Morgan fingerprint density at radius 2 is 2.04 bits per heavy atom. The third-order valence-corrected chi connectivity index (χ3v) is 7.19. The predicted octanol–water partition coefficient (Wildman–Crippen LogP) is 3.11. The van der Waals surface area contributed by atoms with Gasteiger partial charge in [0.2, 0.25) is 0 Å². The molecule has 1 aliphatic heterocycles. The van der Waals surface area contributed by atoms with E-state index in [2.05, 4.69) is 15.9 Å². The second-order valence-corrected chi connectivity index (χ2v) is 10.1. The highest BCUT2D eigenvalue weighted by molar-refractivity contribution is 9.10. The van der Waals surface area contributed by atoms with E-state index in [4.69, 9.17) is 4.74 Å². The molecule has 1 aliphatic rings. The Morgan fingerprint density at radius 3 is 2.64 bits per heavy atom. The Morgan fingerprint density at radius 1 is 1.28 bits per heavy atom. The smallest absolute Gasteiger partial charge is 0.261 e. The van der Waals surface area contributed by atoms with Crippen LogP contribution >= 0.6 is 27.3 Å². The van der Waals surface area contributed by atoms with E-state index in [1.165, 1.54) is 0 Å². The minimum atomic E-state index is -3.06. The molecular weight excluding hydrogens is 426 g/mol. The molecule has 2 heterocycles. The van der Waals surface area contributed by atoms with E-state index < -0.39 is 9.84 Å². The Kier molecular flexibility index (Phi) is 5.81. The van der Waals surface area contributed by atoms with Gasteiger partial charge in [-0.05, 0) is 42.1 Å². The van der Waals surface area contributed by atoms with Crippen LogP contribution in [0.25, 0.3) is 0 Å². The molecule has 134 valence electrons. The molecule has 25 heavy (non-hydrogen) atoms. The third kappa shape index (κ3) is 5.05. The number of sulfone groups is 1. The van der Waals surface area contributed by atoms with Gasteiger partial charge >= 0.3 is 0 Å². The average Bonchev–Trinajstić information content (AvgIpc) is 3.21. The van der Waals surface area contributed by atoms with Crippen LogP contribution < -0.4 is 4.74 Å². The van der Waals surface area contributed by atoms with E-state index in [1.54, 1.807) is 28.4 Å². The van der Waals surface area contributed by atoms with Gasteiger partial charge in [0.1, 0.15) is 5.75 Å². The van der Waals surface area contributed by atoms with Gasteiger partial charge < -0.3 is 9.64 Å². The molecule has 2 aromatic rings. The van der Waals surface area contributed by atoms with Crippen LogP contribution in [0.2, 0.25) is 0 Å². The van der Waals surface area contributed by atoms with E-state index in [0.29, 0.717) is 18.7 Å². The molecule has 8 heteroatoms. The van der Waals surface area contributed by atoms with Crippen LogP contribution in [0.5, 0.6) is 5.75 Å². The van der Waals surface area contributed by atoms with E-state index in [0.717, 1.165) is 9.35 Å². The zero-order valence-corrected chi connectivity index (χ0v) is 16.6. The van der Waals surface area contributed by atoms with Gasteiger partial charge in [0.15, 0.2) is 16.4 Å². The lowest BCUT2D eigenvalue weighted by Crippen LogP contribution is -2.42. The Labute approximate surface area is 159 Å². The monoisotopic (exact) mass is 443 g/mol. The molecule has 1 saturated heterocycles. The first-order chi connectivity index (χ1) is 11.9. The number of halogens is 1. The summed E-state index contributed by atoms with van der Waals surface area (Å²) in [6.07, 6.45) is 0.484. The third-order valence-electron chi connectivity index (χ3n) is 4.05. The van der Waals surface area contributed by atoms with E-state index in [1.807, 2.05) is 29.6 Å². The average molecular weight is 444 g/mol. The molecule has 1 aromatic heterocycles. The van der Waals surface area contributed by atoms with Crippen LogP contribution in [-0.4, -0.2) is 43.4 Å². The number of benzene rings is 1. The van der Waals surface area contributed by atoms with Gasteiger partial charge in [0, 0.05) is 15.4 Å². The Bertz CT molecular complexity index is 819. The first kappa shape index (κ1) is 18.4. The molecule has 5 nitrogen and oxygen atoms in total. The van der Waals surface area contributed by atoms with Gasteiger partial charge in [-0.2, -0.15) is 0 Å². The lowest BCUT2D eigenvalue weighted by molar-refractivity contribution is -0.135.